The molecular formula is C20H15ClFN3O2S. The van der Waals surface area contributed by atoms with Crippen molar-refractivity contribution in [2.45, 2.75) is 0 Å². The average molecular weight is 416 g/mol. The quantitative estimate of drug-likeness (QED) is 0.600. The fourth-order valence-corrected chi connectivity index (χ4v) is 4.09. The molecule has 0 spiro atoms. The molecule has 0 amide bonds. The summed E-state index contributed by atoms with van der Waals surface area (Å²) in [5.74, 6) is 0.391. The molecule has 0 fully saturated rings. The second-order valence-electron chi connectivity index (χ2n) is 6.12. The number of thiazole rings is 1. The number of hydrogen-bond donors (Lipinski definition) is 2. The monoisotopic (exact) mass is 415 g/mol. The summed E-state index contributed by atoms with van der Waals surface area (Å²) in [5.41, 5.74) is 2.38. The zero-order valence-corrected chi connectivity index (χ0v) is 16.3. The summed E-state index contributed by atoms with van der Waals surface area (Å²) in [5, 5.41) is 22.0. The number of aromatic nitrogens is 1. The van der Waals surface area contributed by atoms with Crippen molar-refractivity contribution in [3.63, 3.8) is 0 Å². The van der Waals surface area contributed by atoms with Gasteiger partial charge in [-0.25, -0.2) is 9.37 Å². The topological polar surface area (TPSA) is 69.4 Å². The summed E-state index contributed by atoms with van der Waals surface area (Å²) in [7, 11) is 1.54. The highest BCUT2D eigenvalue weighted by Crippen LogP contribution is 2.38. The smallest absolute Gasteiger partial charge is 0.142 e. The summed E-state index contributed by atoms with van der Waals surface area (Å²) >= 11 is 7.42. The zero-order chi connectivity index (χ0) is 19.8. The second kappa shape index (κ2) is 7.26. The number of nitrogens with one attached hydrogen (secondary N) is 1. The lowest BCUT2D eigenvalue weighted by atomic mass is 10.2. The predicted octanol–water partition coefficient (Wildman–Crippen LogP) is 5.38. The van der Waals surface area contributed by atoms with Gasteiger partial charge in [0, 0.05) is 16.0 Å². The van der Waals surface area contributed by atoms with Crippen LogP contribution < -0.4 is 9.64 Å². The van der Waals surface area contributed by atoms with Gasteiger partial charge in [-0.2, -0.15) is 0 Å². The van der Waals surface area contributed by atoms with Gasteiger partial charge in [0.25, 0.3) is 0 Å². The fraction of sp³-hybridized carbons (Fsp3) is 0.100. The van der Waals surface area contributed by atoms with Gasteiger partial charge in [-0.05, 0) is 42.5 Å². The van der Waals surface area contributed by atoms with Gasteiger partial charge in [-0.1, -0.05) is 11.6 Å². The van der Waals surface area contributed by atoms with Crippen molar-refractivity contribution in [1.29, 1.82) is 5.41 Å². The van der Waals surface area contributed by atoms with E-state index in [4.69, 9.17) is 21.7 Å². The zero-order valence-electron chi connectivity index (χ0n) is 14.7. The van der Waals surface area contributed by atoms with Crippen molar-refractivity contribution in [3.05, 3.63) is 69.5 Å². The third-order valence-electron chi connectivity index (χ3n) is 4.39. The second-order valence-corrected chi connectivity index (χ2v) is 7.41. The third-order valence-corrected chi connectivity index (χ3v) is 5.49. The molecule has 0 saturated carbocycles. The molecule has 0 radical (unpaired) electrons. The Morgan fingerprint density at radius 3 is 2.71 bits per heavy atom. The van der Waals surface area contributed by atoms with E-state index in [1.165, 1.54) is 30.6 Å². The molecule has 1 aromatic heterocycles. The molecule has 3 aromatic rings. The van der Waals surface area contributed by atoms with E-state index in [0.717, 1.165) is 5.56 Å². The van der Waals surface area contributed by atoms with E-state index in [0.29, 0.717) is 32.7 Å². The van der Waals surface area contributed by atoms with Crippen LogP contribution in [0.2, 0.25) is 5.02 Å². The van der Waals surface area contributed by atoms with E-state index in [1.807, 2.05) is 5.38 Å². The molecule has 0 unspecified atom stereocenters. The third kappa shape index (κ3) is 3.23. The molecule has 8 heteroatoms. The number of nitrogens with zero attached hydrogens (tertiary/aromatic N) is 2. The number of ether oxygens (including phenoxy) is 1. The maximum atomic E-state index is 13.1. The molecule has 142 valence electrons. The van der Waals surface area contributed by atoms with Crippen LogP contribution in [0.5, 0.6) is 5.75 Å². The number of anilines is 1. The molecule has 2 aromatic carbocycles. The van der Waals surface area contributed by atoms with E-state index in [9.17, 15) is 9.50 Å². The van der Waals surface area contributed by atoms with Crippen molar-refractivity contribution in [1.82, 2.24) is 4.98 Å². The van der Waals surface area contributed by atoms with Crippen LogP contribution in [0.15, 0.2) is 53.6 Å². The van der Waals surface area contributed by atoms with E-state index in [2.05, 4.69) is 4.98 Å². The van der Waals surface area contributed by atoms with Crippen LogP contribution in [0.3, 0.4) is 0 Å². The molecule has 0 bridgehead atoms. The maximum absolute atomic E-state index is 13.1. The summed E-state index contributed by atoms with van der Waals surface area (Å²) in [6.07, 6.45) is 0. The van der Waals surface area contributed by atoms with Gasteiger partial charge in [0.05, 0.1) is 30.6 Å². The Morgan fingerprint density at radius 1 is 1.25 bits per heavy atom. The number of halogens is 2. The average Bonchev–Trinajstić information content (AvgIpc) is 3.26. The first kappa shape index (κ1) is 18.5. The van der Waals surface area contributed by atoms with Crippen molar-refractivity contribution in [2.24, 2.45) is 0 Å². The van der Waals surface area contributed by atoms with Gasteiger partial charge >= 0.3 is 0 Å². The number of hydrogen-bond acceptors (Lipinski definition) is 5. The minimum absolute atomic E-state index is 0.0482. The van der Waals surface area contributed by atoms with Crippen molar-refractivity contribution in [3.8, 4) is 17.0 Å². The molecule has 0 atom stereocenters. The highest BCUT2D eigenvalue weighted by atomic mass is 35.5. The van der Waals surface area contributed by atoms with Gasteiger partial charge in [-0.3, -0.25) is 5.41 Å². The lowest BCUT2D eigenvalue weighted by Gasteiger charge is -2.21. The Kier molecular flexibility index (Phi) is 4.78. The highest BCUT2D eigenvalue weighted by molar-refractivity contribution is 7.11. The molecule has 4 rings (SSSR count). The summed E-state index contributed by atoms with van der Waals surface area (Å²) in [4.78, 5) is 6.15. The van der Waals surface area contributed by atoms with E-state index >= 15 is 0 Å². The molecular weight excluding hydrogens is 401 g/mol. The fourth-order valence-electron chi connectivity index (χ4n) is 3.03. The number of aliphatic hydroxyl groups is 1. The lowest BCUT2D eigenvalue weighted by Crippen LogP contribution is -2.26. The van der Waals surface area contributed by atoms with Gasteiger partial charge in [0.15, 0.2) is 0 Å². The number of aliphatic hydroxyl groups excluding tert-OH is 1. The molecule has 5 nitrogen and oxygen atoms in total. The van der Waals surface area contributed by atoms with Crippen molar-refractivity contribution < 1.29 is 14.2 Å². The standard InChI is InChI=1S/C20H15ClFN3O2S/c1-27-17-7-4-12(21)8-15(17)25-9-16(26)18(19(25)23)20-24-14(10-28-20)11-2-5-13(22)6-3-11/h2-8,10,23,26H,9H2,1H3. The van der Waals surface area contributed by atoms with E-state index in [1.54, 1.807) is 35.2 Å². The number of amidine groups is 1. The van der Waals surface area contributed by atoms with Gasteiger partial charge < -0.3 is 14.7 Å². The van der Waals surface area contributed by atoms with Crippen LogP contribution in [0, 0.1) is 11.2 Å². The Labute approximate surface area is 169 Å². The van der Waals surface area contributed by atoms with Crippen LogP contribution in [0.1, 0.15) is 5.01 Å². The minimum Gasteiger partial charge on any atom is -0.510 e. The Morgan fingerprint density at radius 2 is 2.00 bits per heavy atom. The van der Waals surface area contributed by atoms with Crippen LogP contribution in [-0.4, -0.2) is 29.6 Å². The first-order valence-electron chi connectivity index (χ1n) is 8.32. The Balaban J connectivity index is 1.67. The van der Waals surface area contributed by atoms with Gasteiger partial charge in [0.1, 0.15) is 28.2 Å². The first-order chi connectivity index (χ1) is 13.5. The molecule has 0 aliphatic carbocycles. The van der Waals surface area contributed by atoms with Crippen molar-refractivity contribution >= 4 is 40.0 Å². The highest BCUT2D eigenvalue weighted by Gasteiger charge is 2.32. The molecule has 2 heterocycles. The SMILES string of the molecule is COc1ccc(Cl)cc1N1CC(O)=C(c2nc(-c3ccc(F)cc3)cs2)C1=N. The number of methoxy groups -OCH3 is 1. The lowest BCUT2D eigenvalue weighted by molar-refractivity contribution is 0.407. The summed E-state index contributed by atoms with van der Waals surface area (Å²) in [6, 6.07) is 11.1. The molecule has 1 aliphatic rings. The van der Waals surface area contributed by atoms with Crippen LogP contribution in [0.25, 0.3) is 16.8 Å². The summed E-state index contributed by atoms with van der Waals surface area (Å²) in [6.45, 7) is 0.121. The molecule has 0 saturated heterocycles. The molecule has 2 N–H and O–H groups in total. The molecule has 1 aliphatic heterocycles. The normalized spacial score (nSPS) is 14.1. The Bertz CT molecular complexity index is 1100. The maximum Gasteiger partial charge on any atom is 0.142 e. The first-order valence-corrected chi connectivity index (χ1v) is 9.57. The minimum atomic E-state index is -0.316. The van der Waals surface area contributed by atoms with Crippen LogP contribution in [0.4, 0.5) is 10.1 Å². The number of rotatable bonds is 4. The van der Waals surface area contributed by atoms with Crippen molar-refractivity contribution in [2.75, 3.05) is 18.6 Å². The van der Waals surface area contributed by atoms with Crippen LogP contribution >= 0.6 is 22.9 Å². The number of benzene rings is 2. The van der Waals surface area contributed by atoms with E-state index < -0.39 is 0 Å². The molecule has 28 heavy (non-hydrogen) atoms. The van der Waals surface area contributed by atoms with Gasteiger partial charge in [0.2, 0.25) is 0 Å². The van der Waals surface area contributed by atoms with E-state index in [-0.39, 0.29) is 24.0 Å². The largest absolute Gasteiger partial charge is 0.510 e. The Hall–Kier alpha value is -2.90. The summed E-state index contributed by atoms with van der Waals surface area (Å²) < 4.78 is 18.5. The van der Waals surface area contributed by atoms with Gasteiger partial charge in [-0.15, -0.1) is 11.3 Å². The predicted molar refractivity (Wildman–Crippen MR) is 110 cm³/mol. The van der Waals surface area contributed by atoms with Crippen LogP contribution in [-0.2, 0) is 0 Å².